The number of pyridine rings is 1. The number of carbonyl (C=O) groups is 2. The molecule has 0 spiro atoms. The van der Waals surface area contributed by atoms with E-state index in [1.807, 2.05) is 31.2 Å². The van der Waals surface area contributed by atoms with Gasteiger partial charge in [-0.1, -0.05) is 42.0 Å². The number of halogens is 2. The SMILES string of the molecule is Cc1ccc(COC(=O)Nc2ccc([C@H](C)NC(=O)c3ccc(C(F)F)nc3)cc2)cc1.[HH].[HH]. The van der Waals surface area contributed by atoms with Gasteiger partial charge < -0.3 is 10.1 Å². The highest BCUT2D eigenvalue weighted by atomic mass is 19.3. The summed E-state index contributed by atoms with van der Waals surface area (Å²) in [6.07, 6.45) is -2.13. The lowest BCUT2D eigenvalue weighted by Crippen LogP contribution is -2.26. The van der Waals surface area contributed by atoms with Gasteiger partial charge in [0.25, 0.3) is 12.3 Å². The first-order chi connectivity index (χ1) is 15.3. The zero-order chi connectivity index (χ0) is 23.1. The van der Waals surface area contributed by atoms with Gasteiger partial charge in [0, 0.05) is 14.7 Å². The van der Waals surface area contributed by atoms with E-state index in [4.69, 9.17) is 4.74 Å². The van der Waals surface area contributed by atoms with Gasteiger partial charge >= 0.3 is 6.09 Å². The average Bonchev–Trinajstić information content (AvgIpc) is 2.79. The fourth-order valence-electron chi connectivity index (χ4n) is 2.87. The summed E-state index contributed by atoms with van der Waals surface area (Å²) < 4.78 is 30.4. The highest BCUT2D eigenvalue weighted by Gasteiger charge is 2.14. The molecule has 2 aromatic carbocycles. The molecule has 0 bridgehead atoms. The first-order valence-electron chi connectivity index (χ1n) is 9.96. The van der Waals surface area contributed by atoms with Crippen LogP contribution in [0.25, 0.3) is 0 Å². The van der Waals surface area contributed by atoms with Crippen molar-refractivity contribution in [1.82, 2.24) is 10.3 Å². The molecule has 2 N–H and O–H groups in total. The summed E-state index contributed by atoms with van der Waals surface area (Å²) in [5.74, 6) is -0.423. The number of hydrogen-bond acceptors (Lipinski definition) is 4. The molecule has 2 amide bonds. The smallest absolute Gasteiger partial charge is 0.411 e. The summed E-state index contributed by atoms with van der Waals surface area (Å²) in [5, 5.41) is 5.44. The molecule has 0 aliphatic rings. The van der Waals surface area contributed by atoms with Crippen LogP contribution in [-0.4, -0.2) is 17.0 Å². The number of rotatable bonds is 7. The summed E-state index contributed by atoms with van der Waals surface area (Å²) >= 11 is 0. The molecule has 0 saturated heterocycles. The van der Waals surface area contributed by atoms with Gasteiger partial charge in [-0.15, -0.1) is 0 Å². The molecule has 6 nitrogen and oxygen atoms in total. The van der Waals surface area contributed by atoms with Crippen molar-refractivity contribution in [3.63, 3.8) is 0 Å². The van der Waals surface area contributed by atoms with Crippen molar-refractivity contribution in [3.8, 4) is 0 Å². The van der Waals surface area contributed by atoms with E-state index < -0.39 is 18.4 Å². The summed E-state index contributed by atoms with van der Waals surface area (Å²) in [6, 6.07) is 16.7. The van der Waals surface area contributed by atoms with Gasteiger partial charge in [-0.05, 0) is 49.2 Å². The van der Waals surface area contributed by atoms with Crippen LogP contribution in [-0.2, 0) is 11.3 Å². The van der Waals surface area contributed by atoms with Crippen molar-refractivity contribution >= 4 is 17.7 Å². The quantitative estimate of drug-likeness (QED) is 0.465. The van der Waals surface area contributed by atoms with Crippen LogP contribution >= 0.6 is 0 Å². The number of ether oxygens (including phenoxy) is 1. The number of hydrogen-bond donors (Lipinski definition) is 2. The second-order valence-corrected chi connectivity index (χ2v) is 7.28. The molecular formula is C24H27F2N3O3. The lowest BCUT2D eigenvalue weighted by Gasteiger charge is -2.15. The van der Waals surface area contributed by atoms with Crippen molar-refractivity contribution < 1.29 is 26.0 Å². The Bertz CT molecular complexity index is 1060. The minimum absolute atomic E-state index is 0. The van der Waals surface area contributed by atoms with Gasteiger partial charge in [0.1, 0.15) is 12.3 Å². The molecule has 0 radical (unpaired) electrons. The van der Waals surface area contributed by atoms with E-state index in [1.54, 1.807) is 31.2 Å². The molecule has 1 heterocycles. The molecule has 0 fully saturated rings. The van der Waals surface area contributed by atoms with E-state index in [0.29, 0.717) is 5.69 Å². The van der Waals surface area contributed by atoms with Crippen LogP contribution in [0.2, 0.25) is 0 Å². The van der Waals surface area contributed by atoms with E-state index in [2.05, 4.69) is 15.6 Å². The molecule has 32 heavy (non-hydrogen) atoms. The van der Waals surface area contributed by atoms with E-state index in [9.17, 15) is 18.4 Å². The number of anilines is 1. The maximum absolute atomic E-state index is 12.6. The van der Waals surface area contributed by atoms with E-state index >= 15 is 0 Å². The number of carbonyl (C=O) groups excluding carboxylic acids is 2. The predicted octanol–water partition coefficient (Wildman–Crippen LogP) is 6.06. The van der Waals surface area contributed by atoms with Crippen LogP contribution in [0.5, 0.6) is 0 Å². The summed E-state index contributed by atoms with van der Waals surface area (Å²) in [6.45, 7) is 3.94. The van der Waals surface area contributed by atoms with Crippen LogP contribution in [0.4, 0.5) is 19.3 Å². The minimum Gasteiger partial charge on any atom is -0.444 e. The van der Waals surface area contributed by atoms with E-state index in [-0.39, 0.29) is 26.8 Å². The Kier molecular flexibility index (Phi) is 7.49. The number of alkyl halides is 2. The molecule has 1 aromatic heterocycles. The monoisotopic (exact) mass is 443 g/mol. The van der Waals surface area contributed by atoms with Crippen molar-refractivity contribution in [2.75, 3.05) is 5.32 Å². The Morgan fingerprint density at radius 1 is 1.03 bits per heavy atom. The fraction of sp³-hybridized carbons (Fsp3) is 0.208. The van der Waals surface area contributed by atoms with Crippen molar-refractivity contribution in [1.29, 1.82) is 0 Å². The molecule has 1 atom stereocenters. The van der Waals surface area contributed by atoms with Crippen LogP contribution < -0.4 is 10.6 Å². The molecule has 8 heteroatoms. The van der Waals surface area contributed by atoms with E-state index in [1.165, 1.54) is 6.07 Å². The topological polar surface area (TPSA) is 80.3 Å². The lowest BCUT2D eigenvalue weighted by atomic mass is 10.1. The molecule has 170 valence electrons. The molecule has 0 unspecified atom stereocenters. The molecule has 0 aliphatic heterocycles. The van der Waals surface area contributed by atoms with Crippen LogP contribution in [0.15, 0.2) is 66.9 Å². The van der Waals surface area contributed by atoms with Crippen molar-refractivity contribution in [3.05, 3.63) is 94.8 Å². The zero-order valence-corrected chi connectivity index (χ0v) is 17.6. The van der Waals surface area contributed by atoms with Crippen LogP contribution in [0.3, 0.4) is 0 Å². The second kappa shape index (κ2) is 10.5. The van der Waals surface area contributed by atoms with Gasteiger partial charge in [-0.25, -0.2) is 13.6 Å². The minimum atomic E-state index is -2.68. The fourth-order valence-corrected chi connectivity index (χ4v) is 2.87. The zero-order valence-electron chi connectivity index (χ0n) is 17.6. The Hall–Kier alpha value is -3.81. The second-order valence-electron chi connectivity index (χ2n) is 7.28. The number of nitrogens with one attached hydrogen (secondary N) is 2. The Labute approximate surface area is 187 Å². The summed E-state index contributed by atoms with van der Waals surface area (Å²) in [7, 11) is 0. The van der Waals surface area contributed by atoms with Gasteiger partial charge in [-0.3, -0.25) is 15.1 Å². The summed E-state index contributed by atoms with van der Waals surface area (Å²) in [5.41, 5.74) is 3.18. The van der Waals surface area contributed by atoms with Gasteiger partial charge in [-0.2, -0.15) is 0 Å². The number of aromatic nitrogens is 1. The lowest BCUT2D eigenvalue weighted by molar-refractivity contribution is 0.0938. The van der Waals surface area contributed by atoms with Crippen molar-refractivity contribution in [2.24, 2.45) is 0 Å². The maximum Gasteiger partial charge on any atom is 0.411 e. The molecule has 0 aliphatic carbocycles. The highest BCUT2D eigenvalue weighted by molar-refractivity contribution is 5.94. The Morgan fingerprint density at radius 3 is 2.31 bits per heavy atom. The number of benzene rings is 2. The van der Waals surface area contributed by atoms with Crippen LogP contribution in [0.1, 0.15) is 55.0 Å². The third-order valence-electron chi connectivity index (χ3n) is 4.77. The highest BCUT2D eigenvalue weighted by Crippen LogP contribution is 2.18. The number of amides is 2. The normalized spacial score (nSPS) is 11.7. The predicted molar refractivity (Wildman–Crippen MR) is 121 cm³/mol. The number of nitrogens with zero attached hydrogens (tertiary/aromatic N) is 1. The average molecular weight is 443 g/mol. The molecule has 0 saturated carbocycles. The summed E-state index contributed by atoms with van der Waals surface area (Å²) in [4.78, 5) is 27.9. The molecule has 3 rings (SSSR count). The molecular weight excluding hydrogens is 416 g/mol. The van der Waals surface area contributed by atoms with E-state index in [0.717, 1.165) is 29.0 Å². The number of aryl methyl sites for hydroxylation is 1. The Morgan fingerprint density at radius 2 is 1.72 bits per heavy atom. The first kappa shape index (κ1) is 22.9. The van der Waals surface area contributed by atoms with Crippen molar-refractivity contribution in [2.45, 2.75) is 32.9 Å². The molecule has 3 aromatic rings. The third kappa shape index (κ3) is 6.34. The third-order valence-corrected chi connectivity index (χ3v) is 4.77. The van der Waals surface area contributed by atoms with Crippen LogP contribution in [0, 0.1) is 6.92 Å². The Balaban J connectivity index is 0.00000289. The largest absolute Gasteiger partial charge is 0.444 e. The van der Waals surface area contributed by atoms with Gasteiger partial charge in [0.05, 0.1) is 11.6 Å². The van der Waals surface area contributed by atoms with Gasteiger partial charge in [0.15, 0.2) is 0 Å². The standard InChI is InChI=1S/C24H23F2N3O3.2H2/c1-15-3-5-17(6-4-15)14-32-24(31)29-20-10-7-18(8-11-20)16(2)28-23(30)19-9-12-21(22(25)26)27-13-19;;/h3-13,16,22H,14H2,1-2H3,(H,28,30)(H,29,31);2*1H/t16-;;/m0../s1. The van der Waals surface area contributed by atoms with Gasteiger partial charge in [0.2, 0.25) is 0 Å². The maximum atomic E-state index is 12.6. The first-order valence-corrected chi connectivity index (χ1v) is 9.96.